The number of hydrogen-bond donors (Lipinski definition) is 2. The third-order valence-electron chi connectivity index (χ3n) is 4.22. The SMILES string of the molecule is Cc1c(O)c(C)c2c(c1O)C(=O)CC(c1ccc(C=S)cc1)O2. The highest BCUT2D eigenvalue weighted by atomic mass is 32.1. The Morgan fingerprint density at radius 1 is 1.13 bits per heavy atom. The monoisotopic (exact) mass is 328 g/mol. The van der Waals surface area contributed by atoms with Gasteiger partial charge in [0.05, 0.1) is 6.42 Å². The number of aromatic hydroxyl groups is 2. The van der Waals surface area contributed by atoms with Crippen molar-refractivity contribution >= 4 is 23.4 Å². The van der Waals surface area contributed by atoms with Crippen LogP contribution in [0.2, 0.25) is 0 Å². The third-order valence-corrected chi connectivity index (χ3v) is 4.50. The van der Waals surface area contributed by atoms with E-state index in [2.05, 4.69) is 0 Å². The second-order valence-electron chi connectivity index (χ2n) is 5.67. The maximum atomic E-state index is 12.5. The fourth-order valence-electron chi connectivity index (χ4n) is 2.82. The molecular weight excluding hydrogens is 312 g/mol. The summed E-state index contributed by atoms with van der Waals surface area (Å²) in [5.74, 6) is -0.196. The van der Waals surface area contributed by atoms with Crippen LogP contribution in [0.1, 0.15) is 45.1 Å². The Balaban J connectivity index is 2.06. The van der Waals surface area contributed by atoms with Gasteiger partial charge in [-0.25, -0.2) is 0 Å². The normalized spacial score (nSPS) is 16.6. The summed E-state index contributed by atoms with van der Waals surface area (Å²) >= 11 is 4.88. The Hall–Kier alpha value is -2.40. The highest BCUT2D eigenvalue weighted by molar-refractivity contribution is 7.79. The Morgan fingerprint density at radius 3 is 2.39 bits per heavy atom. The molecule has 0 fully saturated rings. The van der Waals surface area contributed by atoms with Crippen molar-refractivity contribution in [3.63, 3.8) is 0 Å². The van der Waals surface area contributed by atoms with Gasteiger partial charge in [0.15, 0.2) is 5.78 Å². The van der Waals surface area contributed by atoms with E-state index in [1.54, 1.807) is 19.2 Å². The van der Waals surface area contributed by atoms with Crippen molar-refractivity contribution in [2.24, 2.45) is 0 Å². The Bertz CT molecular complexity index is 809. The summed E-state index contributed by atoms with van der Waals surface area (Å²) in [6.45, 7) is 3.24. The summed E-state index contributed by atoms with van der Waals surface area (Å²) < 4.78 is 5.93. The molecule has 1 heterocycles. The van der Waals surface area contributed by atoms with Crippen LogP contribution in [0.4, 0.5) is 0 Å². The standard InChI is InChI=1S/C18H16O4S/c1-9-16(20)10(2)18-15(17(9)21)13(19)7-14(22-18)12-5-3-11(8-23)4-6-12/h3-6,8,14,20-21H,7H2,1-2H3. The summed E-state index contributed by atoms with van der Waals surface area (Å²) in [7, 11) is 0. The fraction of sp³-hybridized carbons (Fsp3) is 0.222. The highest BCUT2D eigenvalue weighted by Crippen LogP contribution is 2.47. The van der Waals surface area contributed by atoms with E-state index in [0.29, 0.717) is 11.1 Å². The second kappa shape index (κ2) is 5.66. The van der Waals surface area contributed by atoms with Gasteiger partial charge in [-0.1, -0.05) is 36.5 Å². The van der Waals surface area contributed by atoms with Crippen LogP contribution in [0, 0.1) is 13.8 Å². The van der Waals surface area contributed by atoms with Crippen LogP contribution < -0.4 is 4.74 Å². The zero-order chi connectivity index (χ0) is 16.7. The van der Waals surface area contributed by atoms with Gasteiger partial charge in [-0.2, -0.15) is 0 Å². The van der Waals surface area contributed by atoms with E-state index in [0.717, 1.165) is 11.1 Å². The van der Waals surface area contributed by atoms with Crippen molar-refractivity contribution < 1.29 is 19.7 Å². The number of Topliss-reactive ketones (excluding diaryl/α,β-unsaturated/α-hetero) is 1. The van der Waals surface area contributed by atoms with E-state index >= 15 is 0 Å². The van der Waals surface area contributed by atoms with Gasteiger partial charge in [0, 0.05) is 16.5 Å². The molecule has 0 aromatic heterocycles. The Kier molecular flexibility index (Phi) is 3.82. The van der Waals surface area contributed by atoms with Crippen molar-refractivity contribution in [2.75, 3.05) is 0 Å². The predicted octanol–water partition coefficient (Wildman–Crippen LogP) is 3.77. The maximum Gasteiger partial charge on any atom is 0.174 e. The van der Waals surface area contributed by atoms with Crippen molar-refractivity contribution in [1.82, 2.24) is 0 Å². The summed E-state index contributed by atoms with van der Waals surface area (Å²) in [6.07, 6.45) is -0.310. The van der Waals surface area contributed by atoms with Crippen molar-refractivity contribution in [2.45, 2.75) is 26.4 Å². The van der Waals surface area contributed by atoms with E-state index in [1.807, 2.05) is 24.3 Å². The number of fused-ring (bicyclic) bond motifs is 1. The van der Waals surface area contributed by atoms with Gasteiger partial charge < -0.3 is 14.9 Å². The molecule has 118 valence electrons. The first kappa shape index (κ1) is 15.5. The van der Waals surface area contributed by atoms with E-state index in [1.165, 1.54) is 0 Å². The van der Waals surface area contributed by atoms with Gasteiger partial charge in [-0.15, -0.1) is 0 Å². The van der Waals surface area contributed by atoms with E-state index in [-0.39, 0.29) is 35.0 Å². The zero-order valence-electron chi connectivity index (χ0n) is 12.8. The minimum atomic E-state index is -0.450. The van der Waals surface area contributed by atoms with Gasteiger partial charge in [0.2, 0.25) is 0 Å². The number of thiocarbonyl (C=S) groups is 1. The maximum absolute atomic E-state index is 12.5. The molecule has 1 aliphatic rings. The van der Waals surface area contributed by atoms with Crippen LogP contribution in [0.3, 0.4) is 0 Å². The lowest BCUT2D eigenvalue weighted by Gasteiger charge is -2.28. The van der Waals surface area contributed by atoms with E-state index in [4.69, 9.17) is 17.0 Å². The molecule has 5 heteroatoms. The fourth-order valence-corrected chi connectivity index (χ4v) is 2.98. The molecule has 2 aromatic carbocycles. The lowest BCUT2D eigenvalue weighted by atomic mass is 9.91. The lowest BCUT2D eigenvalue weighted by molar-refractivity contribution is 0.0842. The number of phenolic OH excluding ortho intramolecular Hbond substituents is 2. The summed E-state index contributed by atoms with van der Waals surface area (Å²) in [6, 6.07) is 7.46. The number of ketones is 1. The predicted molar refractivity (Wildman–Crippen MR) is 90.8 cm³/mol. The van der Waals surface area contributed by atoms with Gasteiger partial charge >= 0.3 is 0 Å². The average molecular weight is 328 g/mol. The topological polar surface area (TPSA) is 66.8 Å². The number of rotatable bonds is 2. The van der Waals surface area contributed by atoms with Crippen molar-refractivity contribution in [3.8, 4) is 17.2 Å². The summed E-state index contributed by atoms with van der Waals surface area (Å²) in [5, 5.41) is 21.8. The van der Waals surface area contributed by atoms with Crippen molar-refractivity contribution in [3.05, 3.63) is 52.1 Å². The van der Waals surface area contributed by atoms with Crippen LogP contribution in [0.15, 0.2) is 24.3 Å². The number of hydrogen-bond acceptors (Lipinski definition) is 5. The van der Waals surface area contributed by atoms with Crippen LogP contribution in [-0.2, 0) is 0 Å². The molecule has 0 spiro atoms. The van der Waals surface area contributed by atoms with Gasteiger partial charge in [-0.05, 0) is 25.0 Å². The van der Waals surface area contributed by atoms with Gasteiger partial charge in [0.25, 0.3) is 0 Å². The Morgan fingerprint density at radius 2 is 1.78 bits per heavy atom. The molecule has 1 aliphatic heterocycles. The quantitative estimate of drug-likeness (QED) is 0.822. The highest BCUT2D eigenvalue weighted by Gasteiger charge is 2.33. The van der Waals surface area contributed by atoms with Gasteiger partial charge in [-0.3, -0.25) is 4.79 Å². The van der Waals surface area contributed by atoms with Crippen LogP contribution >= 0.6 is 12.2 Å². The minimum Gasteiger partial charge on any atom is -0.507 e. The van der Waals surface area contributed by atoms with Crippen molar-refractivity contribution in [1.29, 1.82) is 0 Å². The Labute approximate surface area is 139 Å². The molecule has 0 aliphatic carbocycles. The smallest absolute Gasteiger partial charge is 0.174 e. The molecule has 23 heavy (non-hydrogen) atoms. The molecule has 1 atom stereocenters. The third kappa shape index (κ3) is 2.47. The molecule has 2 aromatic rings. The molecule has 0 saturated heterocycles. The van der Waals surface area contributed by atoms with Crippen LogP contribution in [0.5, 0.6) is 17.2 Å². The molecule has 0 bridgehead atoms. The summed E-state index contributed by atoms with van der Waals surface area (Å²) in [5.41, 5.74) is 2.67. The van der Waals surface area contributed by atoms with E-state index in [9.17, 15) is 15.0 Å². The van der Waals surface area contributed by atoms with Crippen LogP contribution in [0.25, 0.3) is 0 Å². The lowest BCUT2D eigenvalue weighted by Crippen LogP contribution is -2.21. The number of phenols is 2. The number of carbonyl (C=O) groups is 1. The molecule has 0 saturated carbocycles. The molecule has 3 rings (SSSR count). The van der Waals surface area contributed by atoms with Gasteiger partial charge in [0.1, 0.15) is 28.9 Å². The first-order valence-electron chi connectivity index (χ1n) is 7.24. The van der Waals surface area contributed by atoms with E-state index < -0.39 is 6.10 Å². The van der Waals surface area contributed by atoms with Crippen LogP contribution in [-0.4, -0.2) is 21.4 Å². The molecule has 0 radical (unpaired) electrons. The first-order valence-corrected chi connectivity index (χ1v) is 7.71. The largest absolute Gasteiger partial charge is 0.507 e. The average Bonchev–Trinajstić information content (AvgIpc) is 2.57. The molecular formula is C18H16O4S. The minimum absolute atomic E-state index is 0.0502. The number of carbonyl (C=O) groups excluding carboxylic acids is 1. The molecule has 1 unspecified atom stereocenters. The summed E-state index contributed by atoms with van der Waals surface area (Å²) in [4.78, 5) is 12.5. The molecule has 0 amide bonds. The first-order chi connectivity index (χ1) is 10.9. The number of ether oxygens (including phenoxy) is 1. The zero-order valence-corrected chi connectivity index (χ0v) is 13.6. The molecule has 2 N–H and O–H groups in total. The molecule has 4 nitrogen and oxygen atoms in total. The number of benzene rings is 2. The second-order valence-corrected chi connectivity index (χ2v) is 5.91.